The Labute approximate surface area is 108 Å². The Morgan fingerprint density at radius 1 is 1.65 bits per heavy atom. The maximum Gasteiger partial charge on any atom is 0.345 e. The van der Waals surface area contributed by atoms with Crippen LogP contribution in [0.3, 0.4) is 0 Å². The van der Waals surface area contributed by atoms with Gasteiger partial charge in [0.25, 0.3) is 0 Å². The molecule has 0 aliphatic carbocycles. The van der Waals surface area contributed by atoms with Crippen molar-refractivity contribution in [3.05, 3.63) is 27.4 Å². The summed E-state index contributed by atoms with van der Waals surface area (Å²) in [6.07, 6.45) is 0. The number of rotatable bonds is 5. The van der Waals surface area contributed by atoms with Gasteiger partial charge in [-0.1, -0.05) is 18.2 Å². The lowest BCUT2D eigenvalue weighted by Gasteiger charge is -2.04. The lowest BCUT2D eigenvalue weighted by atomic mass is 10.4. The van der Waals surface area contributed by atoms with Crippen molar-refractivity contribution >= 4 is 38.9 Å². The molecule has 0 radical (unpaired) electrons. The number of nitrogens with one attached hydrogen (secondary N) is 1. The minimum absolute atomic E-state index is 0.0208. The molecule has 0 bridgehead atoms. The first-order chi connectivity index (χ1) is 7.74. The highest BCUT2D eigenvalue weighted by Crippen LogP contribution is 2.25. The lowest BCUT2D eigenvalue weighted by Crippen LogP contribution is -2.25. The van der Waals surface area contributed by atoms with Crippen LogP contribution in [0.4, 0.5) is 0 Å². The van der Waals surface area contributed by atoms with Crippen molar-refractivity contribution in [2.24, 2.45) is 0 Å². The van der Waals surface area contributed by atoms with Gasteiger partial charge in [-0.15, -0.1) is 11.3 Å². The summed E-state index contributed by atoms with van der Waals surface area (Å²) >= 11 is 6.36. The van der Waals surface area contributed by atoms with E-state index in [0.717, 1.165) is 17.4 Å². The van der Waals surface area contributed by atoms with Crippen LogP contribution in [0.25, 0.3) is 0 Å². The number of hydrogen-bond donors (Lipinski definition) is 2. The average Bonchev–Trinajstić information content (AvgIpc) is 2.58. The zero-order valence-corrected chi connectivity index (χ0v) is 11.2. The molecule has 0 aliphatic heterocycles. The maximum absolute atomic E-state index is 11.8. The second-order valence-electron chi connectivity index (χ2n) is 3.18. The fourth-order valence-electron chi connectivity index (χ4n) is 1.09. The van der Waals surface area contributed by atoms with Crippen LogP contribution in [0, 0.1) is 6.92 Å². The summed E-state index contributed by atoms with van der Waals surface area (Å²) in [4.78, 5) is 11.1. The Bertz CT molecular complexity index is 562. The molecule has 1 rings (SSSR count). The van der Waals surface area contributed by atoms with Crippen LogP contribution >= 0.6 is 22.9 Å². The van der Waals surface area contributed by atoms with Crippen molar-refractivity contribution in [2.45, 2.75) is 11.8 Å². The number of sulfonamides is 1. The molecule has 0 saturated heterocycles. The molecule has 5 nitrogen and oxygen atoms in total. The van der Waals surface area contributed by atoms with E-state index < -0.39 is 16.0 Å². The van der Waals surface area contributed by atoms with Crippen LogP contribution in [-0.2, 0) is 10.0 Å². The Morgan fingerprint density at radius 2 is 2.24 bits per heavy atom. The molecule has 2 N–H and O–H groups in total. The zero-order valence-electron chi connectivity index (χ0n) is 8.86. The van der Waals surface area contributed by atoms with E-state index in [0.29, 0.717) is 4.88 Å². The molecule has 0 atom stereocenters. The molecule has 1 aromatic heterocycles. The normalized spacial score (nSPS) is 11.4. The monoisotopic (exact) mass is 295 g/mol. The van der Waals surface area contributed by atoms with Crippen LogP contribution in [0.5, 0.6) is 0 Å². The summed E-state index contributed by atoms with van der Waals surface area (Å²) in [6.45, 7) is 4.80. The number of hydrogen-bond acceptors (Lipinski definition) is 4. The van der Waals surface area contributed by atoms with Crippen LogP contribution < -0.4 is 4.72 Å². The van der Waals surface area contributed by atoms with E-state index >= 15 is 0 Å². The number of aryl methyl sites for hydroxylation is 1. The Hall–Kier alpha value is -0.890. The van der Waals surface area contributed by atoms with E-state index in [4.69, 9.17) is 16.7 Å². The van der Waals surface area contributed by atoms with E-state index in [1.54, 1.807) is 6.92 Å². The molecular weight excluding hydrogens is 286 g/mol. The quantitative estimate of drug-likeness (QED) is 0.867. The third kappa shape index (κ3) is 3.53. The van der Waals surface area contributed by atoms with Gasteiger partial charge in [0.15, 0.2) is 0 Å². The molecule has 0 spiro atoms. The molecule has 0 saturated carbocycles. The number of carbonyl (C=O) groups is 1. The van der Waals surface area contributed by atoms with Crippen LogP contribution in [0.2, 0.25) is 0 Å². The van der Waals surface area contributed by atoms with Gasteiger partial charge in [-0.3, -0.25) is 0 Å². The van der Waals surface area contributed by atoms with Crippen molar-refractivity contribution in [1.29, 1.82) is 0 Å². The van der Waals surface area contributed by atoms with Gasteiger partial charge in [-0.05, 0) is 13.0 Å². The molecule has 0 aliphatic rings. The van der Waals surface area contributed by atoms with Gasteiger partial charge in [0.2, 0.25) is 10.0 Å². The number of carboxylic acids is 1. The standard InChI is InChI=1S/C9H10ClNO4S2/c1-5(10)4-11-17(14,15)8-3-7(9(12)13)16-6(8)2/h3,11H,1,4H2,2H3,(H,12,13). The Morgan fingerprint density at radius 3 is 2.65 bits per heavy atom. The maximum atomic E-state index is 11.8. The molecule has 8 heteroatoms. The van der Waals surface area contributed by atoms with Gasteiger partial charge in [-0.25, -0.2) is 17.9 Å². The van der Waals surface area contributed by atoms with Crippen LogP contribution in [0.15, 0.2) is 22.6 Å². The predicted molar refractivity (Wildman–Crippen MR) is 66.2 cm³/mol. The Kier molecular flexibility index (Phi) is 4.31. The summed E-state index contributed by atoms with van der Waals surface area (Å²) < 4.78 is 25.8. The summed E-state index contributed by atoms with van der Waals surface area (Å²) in [5.74, 6) is -1.15. The molecule has 1 heterocycles. The van der Waals surface area contributed by atoms with Gasteiger partial charge >= 0.3 is 5.97 Å². The molecule has 0 aromatic carbocycles. The lowest BCUT2D eigenvalue weighted by molar-refractivity contribution is 0.0702. The average molecular weight is 296 g/mol. The molecule has 94 valence electrons. The van der Waals surface area contributed by atoms with Crippen molar-refractivity contribution in [1.82, 2.24) is 4.72 Å². The molecule has 0 unspecified atom stereocenters. The SMILES string of the molecule is C=C(Cl)CNS(=O)(=O)c1cc(C(=O)O)sc1C. The number of carboxylic acid groups (broad SMARTS) is 1. The van der Waals surface area contributed by atoms with Gasteiger partial charge < -0.3 is 5.11 Å². The second kappa shape index (κ2) is 5.18. The highest BCUT2D eigenvalue weighted by atomic mass is 35.5. The van der Waals surface area contributed by atoms with E-state index in [9.17, 15) is 13.2 Å². The highest BCUT2D eigenvalue weighted by Gasteiger charge is 2.21. The molecule has 0 amide bonds. The first-order valence-electron chi connectivity index (χ1n) is 4.40. The van der Waals surface area contributed by atoms with Gasteiger partial charge in [0, 0.05) is 16.5 Å². The largest absolute Gasteiger partial charge is 0.477 e. The van der Waals surface area contributed by atoms with Crippen molar-refractivity contribution in [3.63, 3.8) is 0 Å². The van der Waals surface area contributed by atoms with E-state index in [-0.39, 0.29) is 21.3 Å². The summed E-state index contributed by atoms with van der Waals surface area (Å²) in [5.41, 5.74) is 0. The van der Waals surface area contributed by atoms with Gasteiger partial charge in [0.1, 0.15) is 4.88 Å². The predicted octanol–water partition coefficient (Wildman–Crippen LogP) is 1.79. The third-order valence-electron chi connectivity index (χ3n) is 1.83. The summed E-state index contributed by atoms with van der Waals surface area (Å²) in [6, 6.07) is 1.13. The molecular formula is C9H10ClNO4S2. The highest BCUT2D eigenvalue weighted by molar-refractivity contribution is 7.89. The van der Waals surface area contributed by atoms with Crippen molar-refractivity contribution in [2.75, 3.05) is 6.54 Å². The van der Waals surface area contributed by atoms with E-state index in [1.807, 2.05) is 0 Å². The van der Waals surface area contributed by atoms with Crippen LogP contribution in [-0.4, -0.2) is 26.0 Å². The number of thiophene rings is 1. The minimum atomic E-state index is -3.75. The van der Waals surface area contributed by atoms with Crippen molar-refractivity contribution < 1.29 is 18.3 Å². The molecule has 1 aromatic rings. The van der Waals surface area contributed by atoms with Gasteiger partial charge in [0.05, 0.1) is 4.90 Å². The summed E-state index contributed by atoms with van der Waals surface area (Å²) in [5, 5.41) is 8.92. The topological polar surface area (TPSA) is 83.5 Å². The fraction of sp³-hybridized carbons (Fsp3) is 0.222. The van der Waals surface area contributed by atoms with Gasteiger partial charge in [-0.2, -0.15) is 0 Å². The van der Waals surface area contributed by atoms with E-state index in [1.165, 1.54) is 0 Å². The Balaban J connectivity index is 3.07. The van der Waals surface area contributed by atoms with Crippen molar-refractivity contribution in [3.8, 4) is 0 Å². The molecule has 0 fully saturated rings. The number of halogens is 1. The second-order valence-corrected chi connectivity index (χ2v) is 6.70. The first-order valence-corrected chi connectivity index (χ1v) is 7.08. The first kappa shape index (κ1) is 14.2. The number of aromatic carboxylic acids is 1. The van der Waals surface area contributed by atoms with E-state index in [2.05, 4.69) is 11.3 Å². The fourth-order valence-corrected chi connectivity index (χ4v) is 3.69. The summed E-state index contributed by atoms with van der Waals surface area (Å²) in [7, 11) is -3.75. The molecule has 17 heavy (non-hydrogen) atoms. The minimum Gasteiger partial charge on any atom is -0.477 e. The third-order valence-corrected chi connectivity index (χ3v) is 4.66. The van der Waals surface area contributed by atoms with Crippen LogP contribution in [0.1, 0.15) is 14.5 Å². The zero-order chi connectivity index (χ0) is 13.2. The smallest absolute Gasteiger partial charge is 0.345 e.